The Morgan fingerprint density at radius 1 is 0.897 bits per heavy atom. The number of imidazole rings is 1. The molecule has 0 amide bonds. The van der Waals surface area contributed by atoms with Crippen LogP contribution < -0.4 is 5.73 Å². The van der Waals surface area contributed by atoms with Crippen LogP contribution in [0.25, 0.3) is 11.0 Å². The molecule has 4 heteroatoms. The van der Waals surface area contributed by atoms with Gasteiger partial charge in [-0.15, -0.1) is 0 Å². The zero-order chi connectivity index (χ0) is 19.7. The van der Waals surface area contributed by atoms with Gasteiger partial charge in [0.15, 0.2) is 5.95 Å². The largest absolute Gasteiger partial charge is 0.369 e. The second-order valence-corrected chi connectivity index (χ2v) is 8.94. The zero-order valence-corrected chi connectivity index (χ0v) is 17.2. The minimum atomic E-state index is 0.228. The quantitative estimate of drug-likeness (QED) is 0.576. The van der Waals surface area contributed by atoms with Crippen molar-refractivity contribution in [1.82, 2.24) is 14.9 Å². The van der Waals surface area contributed by atoms with Crippen molar-refractivity contribution in [1.29, 1.82) is 0 Å². The molecule has 152 valence electrons. The number of likely N-dealkylation sites (tertiary alicyclic amines) is 1. The molecule has 2 aromatic carbocycles. The molecule has 3 aromatic rings. The molecule has 1 saturated carbocycles. The van der Waals surface area contributed by atoms with Crippen LogP contribution in [0, 0.1) is 0 Å². The van der Waals surface area contributed by atoms with Crippen molar-refractivity contribution < 1.29 is 0 Å². The first-order valence-corrected chi connectivity index (χ1v) is 11.3. The molecule has 29 heavy (non-hydrogen) atoms. The number of fused-ring (bicyclic) bond motifs is 1. The number of hydrogen-bond acceptors (Lipinski definition) is 3. The van der Waals surface area contributed by atoms with Gasteiger partial charge < -0.3 is 10.7 Å². The maximum atomic E-state index is 5.93. The number of piperidine rings is 1. The SMILES string of the molecule is Nc1nc2c(C3CCN(C4(c5ccccc5)CCCCCC4)CC3)cccc2[nH]1. The van der Waals surface area contributed by atoms with Crippen molar-refractivity contribution in [2.45, 2.75) is 62.8 Å². The maximum absolute atomic E-state index is 5.93. The number of rotatable bonds is 3. The Balaban J connectivity index is 1.40. The van der Waals surface area contributed by atoms with Gasteiger partial charge in [-0.3, -0.25) is 4.90 Å². The van der Waals surface area contributed by atoms with Gasteiger partial charge in [-0.05, 0) is 61.9 Å². The van der Waals surface area contributed by atoms with Gasteiger partial charge in [0.2, 0.25) is 0 Å². The molecule has 2 aliphatic rings. The number of aromatic amines is 1. The Labute approximate surface area is 173 Å². The molecular formula is C25H32N4. The summed E-state index contributed by atoms with van der Waals surface area (Å²) in [5, 5.41) is 0. The van der Waals surface area contributed by atoms with Gasteiger partial charge in [-0.1, -0.05) is 68.1 Å². The summed E-state index contributed by atoms with van der Waals surface area (Å²) >= 11 is 0. The number of nitrogens with one attached hydrogen (secondary N) is 1. The Morgan fingerprint density at radius 3 is 2.34 bits per heavy atom. The molecule has 0 radical (unpaired) electrons. The third-order valence-corrected chi connectivity index (χ3v) is 7.34. The highest BCUT2D eigenvalue weighted by Gasteiger charge is 2.40. The van der Waals surface area contributed by atoms with Crippen LogP contribution in [0.1, 0.15) is 68.4 Å². The lowest BCUT2D eigenvalue weighted by molar-refractivity contribution is 0.0435. The third kappa shape index (κ3) is 3.44. The minimum absolute atomic E-state index is 0.228. The van der Waals surface area contributed by atoms with Crippen molar-refractivity contribution in [3.63, 3.8) is 0 Å². The number of nitrogens with two attached hydrogens (primary N) is 1. The van der Waals surface area contributed by atoms with E-state index in [0.29, 0.717) is 11.9 Å². The Kier molecular flexibility index (Phi) is 5.04. The van der Waals surface area contributed by atoms with Crippen LogP contribution in [-0.2, 0) is 5.54 Å². The van der Waals surface area contributed by atoms with Gasteiger partial charge >= 0.3 is 0 Å². The van der Waals surface area contributed by atoms with Crippen molar-refractivity contribution in [2.75, 3.05) is 18.8 Å². The Bertz CT molecular complexity index is 945. The molecule has 1 aliphatic carbocycles. The van der Waals surface area contributed by atoms with Gasteiger partial charge in [0.1, 0.15) is 0 Å². The van der Waals surface area contributed by atoms with Gasteiger partial charge in [0.25, 0.3) is 0 Å². The fourth-order valence-electron chi connectivity index (χ4n) is 5.87. The van der Waals surface area contributed by atoms with Crippen LogP contribution in [0.2, 0.25) is 0 Å². The highest BCUT2D eigenvalue weighted by molar-refractivity contribution is 5.81. The molecule has 1 aromatic heterocycles. The van der Waals surface area contributed by atoms with E-state index in [2.05, 4.69) is 63.4 Å². The normalized spacial score (nSPS) is 21.2. The molecule has 2 heterocycles. The van der Waals surface area contributed by atoms with Crippen molar-refractivity contribution in [2.24, 2.45) is 0 Å². The first kappa shape index (κ1) is 18.7. The van der Waals surface area contributed by atoms with E-state index >= 15 is 0 Å². The lowest BCUT2D eigenvalue weighted by atomic mass is 9.78. The summed E-state index contributed by atoms with van der Waals surface area (Å²) < 4.78 is 0. The predicted molar refractivity (Wildman–Crippen MR) is 120 cm³/mol. The van der Waals surface area contributed by atoms with Gasteiger partial charge in [0.05, 0.1) is 11.0 Å². The van der Waals surface area contributed by atoms with E-state index < -0.39 is 0 Å². The molecule has 0 unspecified atom stereocenters. The molecule has 5 rings (SSSR count). The molecular weight excluding hydrogens is 356 g/mol. The average Bonchev–Trinajstić information content (AvgIpc) is 2.98. The van der Waals surface area contributed by atoms with Crippen LogP contribution in [0.4, 0.5) is 5.95 Å². The van der Waals surface area contributed by atoms with Gasteiger partial charge in [-0.25, -0.2) is 4.98 Å². The van der Waals surface area contributed by atoms with Crippen molar-refractivity contribution in [3.05, 3.63) is 59.7 Å². The molecule has 0 bridgehead atoms. The number of benzene rings is 2. The van der Waals surface area contributed by atoms with E-state index in [-0.39, 0.29) is 5.54 Å². The molecule has 0 spiro atoms. The predicted octanol–water partition coefficient (Wildman–Crippen LogP) is 5.57. The molecule has 4 nitrogen and oxygen atoms in total. The summed E-state index contributed by atoms with van der Waals surface area (Å²) in [4.78, 5) is 10.6. The standard InChI is InChI=1S/C25H32N4/c26-24-27-22-12-8-11-21(23(22)28-24)19-13-17-29(18-14-19)25(15-6-1-2-7-16-25)20-9-4-3-5-10-20/h3-5,8-12,19H,1-2,6-7,13-18H2,(H3,26,27,28). The number of para-hydroxylation sites is 1. The summed E-state index contributed by atoms with van der Waals surface area (Å²) in [7, 11) is 0. The summed E-state index contributed by atoms with van der Waals surface area (Å²) in [6, 6.07) is 17.8. The third-order valence-electron chi connectivity index (χ3n) is 7.34. The number of hydrogen-bond donors (Lipinski definition) is 2. The number of nitrogens with zero attached hydrogens (tertiary/aromatic N) is 2. The summed E-state index contributed by atoms with van der Waals surface area (Å²) in [6.45, 7) is 2.33. The van der Waals surface area contributed by atoms with Crippen LogP contribution >= 0.6 is 0 Å². The van der Waals surface area contributed by atoms with Gasteiger partial charge in [0, 0.05) is 5.54 Å². The fourth-order valence-corrected chi connectivity index (χ4v) is 5.87. The van der Waals surface area contributed by atoms with E-state index in [1.54, 1.807) is 0 Å². The highest BCUT2D eigenvalue weighted by Crippen LogP contribution is 2.44. The van der Waals surface area contributed by atoms with E-state index in [4.69, 9.17) is 5.73 Å². The van der Waals surface area contributed by atoms with Crippen LogP contribution in [0.5, 0.6) is 0 Å². The van der Waals surface area contributed by atoms with Crippen LogP contribution in [0.3, 0.4) is 0 Å². The number of nitrogen functional groups attached to an aromatic ring is 1. The first-order valence-electron chi connectivity index (χ1n) is 11.3. The number of H-pyrrole nitrogens is 1. The summed E-state index contributed by atoms with van der Waals surface area (Å²) in [6.07, 6.45) is 10.4. The summed E-state index contributed by atoms with van der Waals surface area (Å²) in [5.41, 5.74) is 11.2. The molecule has 0 atom stereocenters. The molecule has 1 aliphatic heterocycles. The van der Waals surface area contributed by atoms with Crippen molar-refractivity contribution in [3.8, 4) is 0 Å². The summed E-state index contributed by atoms with van der Waals surface area (Å²) in [5.74, 6) is 1.09. The second-order valence-electron chi connectivity index (χ2n) is 8.94. The van der Waals surface area contributed by atoms with Crippen LogP contribution in [-0.4, -0.2) is 28.0 Å². The minimum Gasteiger partial charge on any atom is -0.369 e. The van der Waals surface area contributed by atoms with Crippen LogP contribution in [0.15, 0.2) is 48.5 Å². The van der Waals surface area contributed by atoms with Crippen molar-refractivity contribution >= 4 is 17.0 Å². The monoisotopic (exact) mass is 388 g/mol. The maximum Gasteiger partial charge on any atom is 0.198 e. The Hall–Kier alpha value is -2.33. The van der Waals surface area contributed by atoms with Gasteiger partial charge in [-0.2, -0.15) is 0 Å². The zero-order valence-electron chi connectivity index (χ0n) is 17.2. The lowest BCUT2D eigenvalue weighted by Gasteiger charge is -2.48. The molecule has 2 fully saturated rings. The average molecular weight is 389 g/mol. The smallest absolute Gasteiger partial charge is 0.198 e. The number of aromatic nitrogens is 2. The van der Waals surface area contributed by atoms with E-state index in [1.807, 2.05) is 0 Å². The van der Waals surface area contributed by atoms with E-state index in [9.17, 15) is 0 Å². The Morgan fingerprint density at radius 2 is 1.62 bits per heavy atom. The highest BCUT2D eigenvalue weighted by atomic mass is 15.2. The lowest BCUT2D eigenvalue weighted by Crippen LogP contribution is -2.49. The first-order chi connectivity index (χ1) is 14.3. The fraction of sp³-hybridized carbons (Fsp3) is 0.480. The molecule has 1 saturated heterocycles. The number of anilines is 1. The van der Waals surface area contributed by atoms with E-state index in [0.717, 1.165) is 24.1 Å². The topological polar surface area (TPSA) is 57.9 Å². The molecule has 3 N–H and O–H groups in total. The second kappa shape index (κ2) is 7.83. The van der Waals surface area contributed by atoms with E-state index in [1.165, 1.54) is 62.5 Å².